The van der Waals surface area contributed by atoms with Gasteiger partial charge in [0.2, 0.25) is 5.91 Å². The molecule has 7 nitrogen and oxygen atoms in total. The zero-order chi connectivity index (χ0) is 32.9. The smallest absolute Gasteiger partial charge is 0.305 e. The van der Waals surface area contributed by atoms with Crippen molar-refractivity contribution in [3.05, 3.63) is 91.6 Å². The Morgan fingerprint density at radius 1 is 0.932 bits per heavy atom. The van der Waals surface area contributed by atoms with Crippen LogP contribution in [0.15, 0.2) is 41.3 Å². The van der Waals surface area contributed by atoms with Gasteiger partial charge in [0, 0.05) is 24.4 Å². The molecule has 2 aromatic carbocycles. The molecule has 3 aromatic rings. The normalized spacial score (nSPS) is 12.9. The molecule has 2 atom stereocenters. The average molecular weight is 606 g/mol. The average Bonchev–Trinajstić information content (AvgIpc) is 2.89. The molecule has 1 heterocycles. The maximum atomic E-state index is 15.8. The van der Waals surface area contributed by atoms with Crippen molar-refractivity contribution in [1.82, 2.24) is 14.8 Å². The molecule has 0 aliphatic heterocycles. The molecule has 0 aliphatic carbocycles. The summed E-state index contributed by atoms with van der Waals surface area (Å²) in [7, 11) is 3.95. The van der Waals surface area contributed by atoms with Crippen molar-refractivity contribution in [3.63, 3.8) is 0 Å². The standard InChI is InChI=1S/C36H48FN3O4/c1-21(2)10-11-31(40-20-27(12-13-39(8)9)23(4)17-32(40)41)36(44)38-30(19-33(42)43)29-18-28(16-26(7)35(29)37)34-24(5)14-22(3)15-25(34)6/h14-18,20-21,30-31H,10-13,19H2,1-9H3,(H,38,44)(H,42,43). The fourth-order valence-corrected chi connectivity index (χ4v) is 5.93. The molecule has 0 fully saturated rings. The van der Waals surface area contributed by atoms with Gasteiger partial charge in [0.15, 0.2) is 0 Å². The summed E-state index contributed by atoms with van der Waals surface area (Å²) >= 11 is 0. The number of nitrogens with zero attached hydrogens (tertiary/aromatic N) is 2. The summed E-state index contributed by atoms with van der Waals surface area (Å²) in [6.45, 7) is 14.4. The van der Waals surface area contributed by atoms with Gasteiger partial charge in [-0.05, 0) is 125 Å². The van der Waals surface area contributed by atoms with Crippen molar-refractivity contribution in [2.24, 2.45) is 5.92 Å². The van der Waals surface area contributed by atoms with Crippen molar-refractivity contribution in [3.8, 4) is 11.1 Å². The van der Waals surface area contributed by atoms with E-state index in [0.717, 1.165) is 45.5 Å². The Labute approximate surface area is 261 Å². The number of carbonyl (C=O) groups is 2. The first kappa shape index (κ1) is 34.7. The molecular formula is C36H48FN3O4. The number of rotatable bonds is 13. The number of aryl methyl sites for hydroxylation is 5. The molecular weight excluding hydrogens is 557 g/mol. The van der Waals surface area contributed by atoms with Crippen LogP contribution in [0.4, 0.5) is 4.39 Å². The number of hydrogen-bond acceptors (Lipinski definition) is 4. The maximum Gasteiger partial charge on any atom is 0.305 e. The van der Waals surface area contributed by atoms with E-state index >= 15 is 4.39 Å². The number of aromatic nitrogens is 1. The molecule has 0 saturated heterocycles. The van der Waals surface area contributed by atoms with Crippen molar-refractivity contribution >= 4 is 11.9 Å². The van der Waals surface area contributed by atoms with Crippen LogP contribution in [0.5, 0.6) is 0 Å². The summed E-state index contributed by atoms with van der Waals surface area (Å²) in [6, 6.07) is 7.06. The first-order chi connectivity index (χ1) is 20.6. The first-order valence-corrected chi connectivity index (χ1v) is 15.4. The number of nitrogens with one attached hydrogen (secondary N) is 1. The number of amides is 1. The lowest BCUT2D eigenvalue weighted by molar-refractivity contribution is -0.138. The van der Waals surface area contributed by atoms with E-state index < -0.39 is 36.2 Å². The molecule has 44 heavy (non-hydrogen) atoms. The van der Waals surface area contributed by atoms with E-state index in [2.05, 4.69) is 22.3 Å². The maximum absolute atomic E-state index is 15.8. The molecule has 0 radical (unpaired) electrons. The van der Waals surface area contributed by atoms with Gasteiger partial charge in [-0.1, -0.05) is 31.5 Å². The quantitative estimate of drug-likeness (QED) is 0.229. The monoisotopic (exact) mass is 605 g/mol. The van der Waals surface area contributed by atoms with Crippen LogP contribution in [0.25, 0.3) is 11.1 Å². The van der Waals surface area contributed by atoms with Gasteiger partial charge >= 0.3 is 5.97 Å². The lowest BCUT2D eigenvalue weighted by Crippen LogP contribution is -2.40. The molecule has 0 spiro atoms. The fraction of sp³-hybridized carbons (Fsp3) is 0.472. The second-order valence-electron chi connectivity index (χ2n) is 12.9. The molecule has 0 bridgehead atoms. The highest BCUT2D eigenvalue weighted by molar-refractivity contribution is 5.82. The fourth-order valence-electron chi connectivity index (χ4n) is 5.93. The molecule has 0 saturated carbocycles. The van der Waals surface area contributed by atoms with E-state index in [0.29, 0.717) is 24.8 Å². The van der Waals surface area contributed by atoms with Gasteiger partial charge in [-0.15, -0.1) is 0 Å². The highest BCUT2D eigenvalue weighted by atomic mass is 19.1. The first-order valence-electron chi connectivity index (χ1n) is 15.4. The Morgan fingerprint density at radius 3 is 2.14 bits per heavy atom. The zero-order valence-corrected chi connectivity index (χ0v) is 27.7. The number of likely N-dealkylation sites (N-methyl/N-ethyl adjacent to an activating group) is 1. The van der Waals surface area contributed by atoms with Gasteiger partial charge < -0.3 is 19.9 Å². The molecule has 3 rings (SSSR count). The Bertz CT molecular complexity index is 1550. The van der Waals surface area contributed by atoms with Crippen LogP contribution in [0.1, 0.15) is 84.1 Å². The number of benzene rings is 2. The number of aliphatic carboxylic acids is 1. The minimum Gasteiger partial charge on any atom is -0.481 e. The second kappa shape index (κ2) is 14.8. The Morgan fingerprint density at radius 2 is 1.57 bits per heavy atom. The van der Waals surface area contributed by atoms with E-state index in [1.165, 1.54) is 4.57 Å². The minimum absolute atomic E-state index is 0.112. The number of halogens is 1. The van der Waals surface area contributed by atoms with Crippen LogP contribution in [-0.2, 0) is 16.0 Å². The van der Waals surface area contributed by atoms with Gasteiger partial charge in [-0.3, -0.25) is 14.4 Å². The Hall–Kier alpha value is -3.78. The molecule has 8 heteroatoms. The predicted octanol–water partition coefficient (Wildman–Crippen LogP) is 6.61. The number of hydrogen-bond donors (Lipinski definition) is 2. The third-order valence-corrected chi connectivity index (χ3v) is 8.20. The van der Waals surface area contributed by atoms with E-state index in [-0.39, 0.29) is 17.0 Å². The molecule has 1 aromatic heterocycles. The van der Waals surface area contributed by atoms with Gasteiger partial charge in [0.05, 0.1) is 12.5 Å². The van der Waals surface area contributed by atoms with Gasteiger partial charge in [0.25, 0.3) is 5.56 Å². The molecule has 0 aliphatic rings. The third-order valence-electron chi connectivity index (χ3n) is 8.20. The topological polar surface area (TPSA) is 91.6 Å². The SMILES string of the molecule is Cc1cc(C)c(-c2cc(C)c(F)c(C(CC(=O)O)NC(=O)C(CCC(C)C)n3cc(CCN(C)C)c(C)cc3=O)c2)c(C)c1. The highest BCUT2D eigenvalue weighted by Crippen LogP contribution is 2.34. The van der Waals surface area contributed by atoms with Gasteiger partial charge in [-0.2, -0.15) is 0 Å². The summed E-state index contributed by atoms with van der Waals surface area (Å²) in [5.74, 6) is -1.96. The molecule has 1 amide bonds. The Balaban J connectivity index is 2.10. The molecule has 238 valence electrons. The summed E-state index contributed by atoms with van der Waals surface area (Å²) in [5, 5.41) is 12.7. The number of carboxylic acids is 1. The number of carboxylic acid groups (broad SMARTS) is 1. The van der Waals surface area contributed by atoms with E-state index in [4.69, 9.17) is 0 Å². The number of pyridine rings is 1. The van der Waals surface area contributed by atoms with E-state index in [1.807, 2.05) is 55.6 Å². The van der Waals surface area contributed by atoms with Crippen LogP contribution in [0, 0.1) is 46.4 Å². The second-order valence-corrected chi connectivity index (χ2v) is 12.9. The summed E-state index contributed by atoms with van der Waals surface area (Å²) in [4.78, 5) is 41.4. The van der Waals surface area contributed by atoms with Crippen LogP contribution < -0.4 is 10.9 Å². The van der Waals surface area contributed by atoms with Crippen LogP contribution >= 0.6 is 0 Å². The molecule has 2 N–H and O–H groups in total. The Kier molecular flexibility index (Phi) is 11.7. The summed E-state index contributed by atoms with van der Waals surface area (Å²) in [6.07, 6.45) is 3.00. The van der Waals surface area contributed by atoms with Crippen molar-refractivity contribution in [2.75, 3.05) is 20.6 Å². The highest BCUT2D eigenvalue weighted by Gasteiger charge is 2.29. The van der Waals surface area contributed by atoms with Crippen molar-refractivity contribution in [2.45, 2.75) is 86.2 Å². The van der Waals surface area contributed by atoms with Crippen LogP contribution in [0.3, 0.4) is 0 Å². The van der Waals surface area contributed by atoms with Crippen LogP contribution in [0.2, 0.25) is 0 Å². The summed E-state index contributed by atoms with van der Waals surface area (Å²) in [5.41, 5.74) is 6.86. The minimum atomic E-state index is -1.17. The lowest BCUT2D eigenvalue weighted by atomic mass is 9.89. The van der Waals surface area contributed by atoms with E-state index in [1.54, 1.807) is 31.3 Å². The van der Waals surface area contributed by atoms with Crippen LogP contribution in [-0.4, -0.2) is 47.1 Å². The predicted molar refractivity (Wildman–Crippen MR) is 175 cm³/mol. The molecule has 2 unspecified atom stereocenters. The van der Waals surface area contributed by atoms with Crippen molar-refractivity contribution < 1.29 is 19.1 Å². The lowest BCUT2D eigenvalue weighted by Gasteiger charge is -2.26. The van der Waals surface area contributed by atoms with E-state index in [9.17, 15) is 19.5 Å². The summed E-state index contributed by atoms with van der Waals surface area (Å²) < 4.78 is 17.3. The van der Waals surface area contributed by atoms with Gasteiger partial charge in [-0.25, -0.2) is 4.39 Å². The van der Waals surface area contributed by atoms with Gasteiger partial charge in [0.1, 0.15) is 11.9 Å². The largest absolute Gasteiger partial charge is 0.481 e. The third kappa shape index (κ3) is 8.65. The number of carbonyl (C=O) groups excluding carboxylic acids is 1. The van der Waals surface area contributed by atoms with Crippen molar-refractivity contribution in [1.29, 1.82) is 0 Å². The zero-order valence-electron chi connectivity index (χ0n) is 27.7.